The Balaban J connectivity index is 1.93. The molecule has 0 bridgehead atoms. The molecule has 1 saturated carbocycles. The summed E-state index contributed by atoms with van der Waals surface area (Å²) in [5.74, 6) is -0.376. The highest BCUT2D eigenvalue weighted by molar-refractivity contribution is 5.91. The number of nitrogen functional groups attached to an aromatic ring is 1. The summed E-state index contributed by atoms with van der Waals surface area (Å²) in [6, 6.07) is 4.52. The number of amidine groups is 1. The monoisotopic (exact) mass is 363 g/mol. The van der Waals surface area contributed by atoms with Crippen LogP contribution in [0.2, 0.25) is 0 Å². The number of anilines is 1. The summed E-state index contributed by atoms with van der Waals surface area (Å²) in [4.78, 5) is 16.6. The number of alkyl carbamates (subject to hydrolysis) is 1. The Kier molecular flexibility index (Phi) is 4.37. The molecule has 1 aromatic rings. The fourth-order valence-electron chi connectivity index (χ4n) is 3.56. The lowest BCUT2D eigenvalue weighted by Gasteiger charge is -2.49. The molecule has 3 N–H and O–H groups in total. The number of aliphatic imine (C=N–C) groups is 1. The first-order valence-electron chi connectivity index (χ1n) is 8.85. The number of rotatable bonds is 1. The molecular weight excluding hydrogens is 337 g/mol. The number of hydrogen-bond acceptors (Lipinski definition) is 5. The third-order valence-electron chi connectivity index (χ3n) is 4.77. The van der Waals surface area contributed by atoms with Gasteiger partial charge in [-0.15, -0.1) is 0 Å². The maximum atomic E-state index is 14.5. The van der Waals surface area contributed by atoms with Crippen LogP contribution < -0.4 is 11.1 Å². The second-order valence-corrected chi connectivity index (χ2v) is 8.37. The maximum absolute atomic E-state index is 14.5. The van der Waals surface area contributed by atoms with Crippen molar-refractivity contribution in [2.45, 2.75) is 70.1 Å². The van der Waals surface area contributed by atoms with Crippen molar-refractivity contribution in [3.8, 4) is 0 Å². The van der Waals surface area contributed by atoms with Crippen LogP contribution in [-0.4, -0.2) is 23.3 Å². The lowest BCUT2D eigenvalue weighted by molar-refractivity contribution is -0.0611. The summed E-state index contributed by atoms with van der Waals surface area (Å²) in [7, 11) is 0. The maximum Gasteiger partial charge on any atom is 0.415 e. The predicted octanol–water partition coefficient (Wildman–Crippen LogP) is 3.85. The molecule has 1 amide bonds. The van der Waals surface area contributed by atoms with Crippen LogP contribution in [0.1, 0.15) is 58.9 Å². The van der Waals surface area contributed by atoms with Crippen LogP contribution in [0, 0.1) is 5.82 Å². The van der Waals surface area contributed by atoms with Gasteiger partial charge in [-0.2, -0.15) is 0 Å². The van der Waals surface area contributed by atoms with E-state index in [0.29, 0.717) is 17.7 Å². The van der Waals surface area contributed by atoms with Crippen molar-refractivity contribution in [3.05, 3.63) is 29.6 Å². The Morgan fingerprint density at radius 1 is 1.38 bits per heavy atom. The van der Waals surface area contributed by atoms with Crippen molar-refractivity contribution in [1.29, 1.82) is 0 Å². The van der Waals surface area contributed by atoms with Crippen molar-refractivity contribution in [2.75, 3.05) is 5.73 Å². The summed E-state index contributed by atoms with van der Waals surface area (Å²) >= 11 is 0. The number of ether oxygens (including phenoxy) is 2. The standard InChI is InChI=1S/C19H26FN3O3/c1-17(2,3)26-16(24)22-15-23-18(4,11-19(25-15)8-5-9-19)13-10-12(21)6-7-14(13)20/h6-7,10H,5,8-9,11,21H2,1-4H3,(H,22,23,24)/t18-/m1/s1. The van der Waals surface area contributed by atoms with Crippen molar-refractivity contribution < 1.29 is 18.7 Å². The fraction of sp³-hybridized carbons (Fsp3) is 0.579. The van der Waals surface area contributed by atoms with Crippen LogP contribution in [0.25, 0.3) is 0 Å². The minimum absolute atomic E-state index is 0.0644. The first kappa shape index (κ1) is 18.5. The number of carbonyl (C=O) groups is 1. The zero-order valence-electron chi connectivity index (χ0n) is 15.7. The Hall–Kier alpha value is -2.31. The molecule has 6 nitrogen and oxygen atoms in total. The molecule has 0 radical (unpaired) electrons. The quantitative estimate of drug-likeness (QED) is 0.742. The van der Waals surface area contributed by atoms with Gasteiger partial charge in [0.05, 0.1) is 5.54 Å². The minimum Gasteiger partial charge on any atom is -0.458 e. The normalized spacial score (nSPS) is 24.3. The van der Waals surface area contributed by atoms with Crippen LogP contribution in [0.3, 0.4) is 0 Å². The third kappa shape index (κ3) is 3.76. The molecule has 1 aromatic carbocycles. The first-order valence-corrected chi connectivity index (χ1v) is 8.85. The average Bonchev–Trinajstić information content (AvgIpc) is 2.45. The number of hydrogen-bond donors (Lipinski definition) is 2. The third-order valence-corrected chi connectivity index (χ3v) is 4.77. The molecule has 2 aliphatic rings. The van der Waals surface area contributed by atoms with E-state index in [1.807, 2.05) is 6.92 Å². The van der Waals surface area contributed by atoms with Gasteiger partial charge in [0.15, 0.2) is 0 Å². The molecular formula is C19H26FN3O3. The summed E-state index contributed by atoms with van der Waals surface area (Å²) in [6.45, 7) is 7.16. The van der Waals surface area contributed by atoms with E-state index in [1.54, 1.807) is 26.8 Å². The highest BCUT2D eigenvalue weighted by Gasteiger charge is 2.51. The van der Waals surface area contributed by atoms with Crippen molar-refractivity contribution >= 4 is 17.8 Å². The Morgan fingerprint density at radius 2 is 2.08 bits per heavy atom. The molecule has 26 heavy (non-hydrogen) atoms. The Morgan fingerprint density at radius 3 is 2.65 bits per heavy atom. The molecule has 142 valence electrons. The number of carbonyl (C=O) groups excluding carboxylic acids is 1. The van der Waals surface area contributed by atoms with Gasteiger partial charge < -0.3 is 15.2 Å². The topological polar surface area (TPSA) is 85.9 Å². The van der Waals surface area contributed by atoms with E-state index >= 15 is 0 Å². The molecule has 1 spiro atoms. The van der Waals surface area contributed by atoms with Gasteiger partial charge in [-0.3, -0.25) is 0 Å². The first-order chi connectivity index (χ1) is 12.0. The van der Waals surface area contributed by atoms with Crippen LogP contribution in [0.15, 0.2) is 23.2 Å². The molecule has 1 atom stereocenters. The van der Waals surface area contributed by atoms with Gasteiger partial charge in [0, 0.05) is 17.7 Å². The predicted molar refractivity (Wildman–Crippen MR) is 97.3 cm³/mol. The Bertz CT molecular complexity index is 753. The number of nitrogens with zero attached hydrogens (tertiary/aromatic N) is 1. The zero-order valence-corrected chi connectivity index (χ0v) is 15.7. The summed E-state index contributed by atoms with van der Waals surface area (Å²) in [5, 5.41) is 2.57. The van der Waals surface area contributed by atoms with Gasteiger partial charge in [-0.05, 0) is 65.2 Å². The van der Waals surface area contributed by atoms with E-state index in [1.165, 1.54) is 12.1 Å². The van der Waals surface area contributed by atoms with Gasteiger partial charge >= 0.3 is 6.09 Å². The summed E-state index contributed by atoms with van der Waals surface area (Å²) in [6.07, 6.45) is 2.57. The van der Waals surface area contributed by atoms with Crippen LogP contribution in [-0.2, 0) is 15.0 Å². The van der Waals surface area contributed by atoms with E-state index in [-0.39, 0.29) is 11.8 Å². The van der Waals surface area contributed by atoms with E-state index in [4.69, 9.17) is 15.2 Å². The SMILES string of the molecule is CC(C)(C)OC(=O)NC1=N[C@@](C)(c2cc(N)ccc2F)CC2(CCC2)O1. The van der Waals surface area contributed by atoms with E-state index < -0.39 is 22.8 Å². The molecule has 3 rings (SSSR count). The molecule has 1 aliphatic carbocycles. The largest absolute Gasteiger partial charge is 0.458 e. The van der Waals surface area contributed by atoms with Gasteiger partial charge in [0.2, 0.25) is 0 Å². The summed E-state index contributed by atoms with van der Waals surface area (Å²) in [5.41, 5.74) is 4.75. The fourth-order valence-corrected chi connectivity index (χ4v) is 3.56. The second kappa shape index (κ2) is 6.14. The lowest BCUT2D eigenvalue weighted by Crippen LogP contribution is -2.54. The van der Waals surface area contributed by atoms with Crippen molar-refractivity contribution in [3.63, 3.8) is 0 Å². The smallest absolute Gasteiger partial charge is 0.415 e. The Labute approximate surface area is 153 Å². The lowest BCUT2D eigenvalue weighted by atomic mass is 9.69. The van der Waals surface area contributed by atoms with Crippen molar-refractivity contribution in [2.24, 2.45) is 4.99 Å². The van der Waals surface area contributed by atoms with E-state index in [9.17, 15) is 9.18 Å². The van der Waals surface area contributed by atoms with Crippen LogP contribution >= 0.6 is 0 Å². The van der Waals surface area contributed by atoms with Gasteiger partial charge in [0.1, 0.15) is 17.0 Å². The minimum atomic E-state index is -0.886. The van der Waals surface area contributed by atoms with Crippen LogP contribution in [0.4, 0.5) is 14.9 Å². The molecule has 0 saturated heterocycles. The van der Waals surface area contributed by atoms with Crippen LogP contribution in [0.5, 0.6) is 0 Å². The molecule has 7 heteroatoms. The van der Waals surface area contributed by atoms with Crippen molar-refractivity contribution in [1.82, 2.24) is 5.32 Å². The van der Waals surface area contributed by atoms with Gasteiger partial charge in [-0.25, -0.2) is 19.5 Å². The van der Waals surface area contributed by atoms with Gasteiger partial charge in [-0.1, -0.05) is 0 Å². The number of amides is 1. The summed E-state index contributed by atoms with van der Waals surface area (Å²) < 4.78 is 25.7. The zero-order chi connectivity index (χ0) is 19.2. The number of nitrogens with one attached hydrogen (secondary N) is 1. The van der Waals surface area contributed by atoms with E-state index in [2.05, 4.69) is 10.3 Å². The molecule has 1 aliphatic heterocycles. The molecule has 1 fully saturated rings. The number of halogens is 1. The number of nitrogens with two attached hydrogens (primary N) is 1. The van der Waals surface area contributed by atoms with E-state index in [0.717, 1.165) is 19.3 Å². The highest BCUT2D eigenvalue weighted by atomic mass is 19.1. The average molecular weight is 363 g/mol. The molecule has 0 aromatic heterocycles. The molecule has 0 unspecified atom stereocenters. The molecule has 1 heterocycles. The highest BCUT2D eigenvalue weighted by Crippen LogP contribution is 2.49. The second-order valence-electron chi connectivity index (χ2n) is 8.37. The van der Waals surface area contributed by atoms with Gasteiger partial charge in [0.25, 0.3) is 6.02 Å². The number of benzene rings is 1.